The van der Waals surface area contributed by atoms with Gasteiger partial charge in [-0.25, -0.2) is 9.59 Å². The summed E-state index contributed by atoms with van der Waals surface area (Å²) in [6.45, 7) is 5.25. The van der Waals surface area contributed by atoms with E-state index in [1.54, 1.807) is 32.9 Å². The van der Waals surface area contributed by atoms with Gasteiger partial charge < -0.3 is 19.8 Å². The number of nitrogens with zero attached hydrogens (tertiary/aromatic N) is 2. The number of aldehydes is 1. The number of carbonyl (C=O) groups is 4. The third kappa shape index (κ3) is 4.57. The standard InChI is InChI=1S/C34H34N4O6/c1-33(2,3)44-32(42)37-26-17-11-9-15-23(26)34(28-22-14-8-10-16-24(22)36-25(28)19-39)18-27(29(40)35-4)38(30(34)37)31(41)43-20-21-12-6-5-7-13-21/h5-17,19,27,30,36H,18,20H2,1-4H3,(H,35,40)/t27-,30-,34-/m1/s1. The number of carbonyl (C=O) groups excluding carboxylic acids is 4. The molecule has 0 bridgehead atoms. The summed E-state index contributed by atoms with van der Waals surface area (Å²) in [7, 11) is 1.50. The summed E-state index contributed by atoms with van der Waals surface area (Å²) >= 11 is 0. The molecule has 3 heterocycles. The molecule has 3 amide bonds. The highest BCUT2D eigenvalue weighted by atomic mass is 16.6. The number of aromatic amines is 1. The van der Waals surface area contributed by atoms with Crippen molar-refractivity contribution in [1.29, 1.82) is 0 Å². The Bertz CT molecular complexity index is 1760. The molecule has 0 unspecified atom stereocenters. The molecule has 0 spiro atoms. The first-order valence-corrected chi connectivity index (χ1v) is 14.5. The second-order valence-electron chi connectivity index (χ2n) is 12.1. The number of likely N-dealkylation sites (N-methyl/N-ethyl adjacent to an activating group) is 1. The lowest BCUT2D eigenvalue weighted by Gasteiger charge is -2.38. The maximum Gasteiger partial charge on any atom is 0.416 e. The smallest absolute Gasteiger partial charge is 0.416 e. The number of likely N-dealkylation sites (tertiary alicyclic amines) is 1. The van der Waals surface area contributed by atoms with Crippen molar-refractivity contribution in [2.75, 3.05) is 11.9 Å². The van der Waals surface area contributed by atoms with Crippen LogP contribution in [-0.2, 0) is 26.3 Å². The Labute approximate surface area is 254 Å². The monoisotopic (exact) mass is 594 g/mol. The van der Waals surface area contributed by atoms with Gasteiger partial charge in [-0.2, -0.15) is 0 Å². The summed E-state index contributed by atoms with van der Waals surface area (Å²) in [5.74, 6) is -0.426. The van der Waals surface area contributed by atoms with Crippen molar-refractivity contribution in [3.63, 3.8) is 0 Å². The van der Waals surface area contributed by atoms with Gasteiger partial charge >= 0.3 is 12.2 Å². The van der Waals surface area contributed by atoms with Crippen molar-refractivity contribution in [2.45, 2.75) is 57.0 Å². The number of aromatic nitrogens is 1. The van der Waals surface area contributed by atoms with Crippen molar-refractivity contribution < 1.29 is 28.7 Å². The van der Waals surface area contributed by atoms with Crippen LogP contribution in [-0.4, -0.2) is 59.1 Å². The van der Waals surface area contributed by atoms with Crippen molar-refractivity contribution >= 4 is 41.0 Å². The fourth-order valence-corrected chi connectivity index (χ4v) is 6.72. The molecular weight excluding hydrogens is 560 g/mol. The van der Waals surface area contributed by atoms with Gasteiger partial charge in [0.1, 0.15) is 24.4 Å². The fraction of sp³-hybridized carbons (Fsp3) is 0.294. The van der Waals surface area contributed by atoms with Gasteiger partial charge in [0.05, 0.1) is 16.8 Å². The molecule has 10 nitrogen and oxygen atoms in total. The van der Waals surface area contributed by atoms with E-state index in [2.05, 4.69) is 10.3 Å². The number of anilines is 1. The number of para-hydroxylation sites is 2. The predicted molar refractivity (Wildman–Crippen MR) is 164 cm³/mol. The van der Waals surface area contributed by atoms with Crippen LogP contribution in [0.5, 0.6) is 0 Å². The quantitative estimate of drug-likeness (QED) is 0.294. The highest BCUT2D eigenvalue weighted by Crippen LogP contribution is 2.59. The summed E-state index contributed by atoms with van der Waals surface area (Å²) < 4.78 is 11.7. The maximum absolute atomic E-state index is 14.2. The minimum atomic E-state index is -1.20. The van der Waals surface area contributed by atoms with Crippen LogP contribution in [0.1, 0.15) is 54.4 Å². The Morgan fingerprint density at radius 1 is 0.977 bits per heavy atom. The SMILES string of the molecule is CNC(=O)[C@H]1C[C@]2(c3c(C=O)[nH]c4ccccc34)c3ccccc3N(C(=O)OC(C)(C)C)[C@@H]2N1C(=O)OCc1ccccc1. The number of ether oxygens (including phenoxy) is 2. The molecule has 10 heteroatoms. The number of amides is 3. The van der Waals surface area contributed by atoms with E-state index >= 15 is 0 Å². The number of rotatable bonds is 5. The summed E-state index contributed by atoms with van der Waals surface area (Å²) in [6.07, 6.45) is -1.74. The molecule has 6 rings (SSSR count). The molecule has 1 saturated heterocycles. The van der Waals surface area contributed by atoms with Gasteiger partial charge in [0.25, 0.3) is 0 Å². The zero-order valence-corrected chi connectivity index (χ0v) is 25.0. The largest absolute Gasteiger partial charge is 0.444 e. The third-order valence-electron chi connectivity index (χ3n) is 8.30. The number of nitrogens with one attached hydrogen (secondary N) is 2. The molecule has 2 aliphatic heterocycles. The van der Waals surface area contributed by atoms with Crippen LogP contribution in [0.25, 0.3) is 10.9 Å². The summed E-state index contributed by atoms with van der Waals surface area (Å²) in [4.78, 5) is 60.6. The Kier molecular flexibility index (Phi) is 7.15. The molecule has 226 valence electrons. The Morgan fingerprint density at radius 3 is 2.36 bits per heavy atom. The van der Waals surface area contributed by atoms with E-state index in [1.165, 1.54) is 16.8 Å². The maximum atomic E-state index is 14.2. The van der Waals surface area contributed by atoms with E-state index in [9.17, 15) is 19.2 Å². The molecule has 1 fully saturated rings. The molecule has 0 aliphatic carbocycles. The molecule has 3 atom stereocenters. The summed E-state index contributed by atoms with van der Waals surface area (Å²) in [6, 6.07) is 23.0. The molecule has 4 aromatic rings. The number of fused-ring (bicyclic) bond motifs is 4. The molecule has 1 aromatic heterocycles. The number of hydrogen-bond acceptors (Lipinski definition) is 6. The predicted octanol–water partition coefficient (Wildman–Crippen LogP) is 5.50. The van der Waals surface area contributed by atoms with Gasteiger partial charge in [0, 0.05) is 23.5 Å². The second kappa shape index (κ2) is 10.9. The highest BCUT2D eigenvalue weighted by molar-refractivity contribution is 6.01. The Hall–Kier alpha value is -5.12. The first-order valence-electron chi connectivity index (χ1n) is 14.5. The van der Waals surface area contributed by atoms with Crippen LogP contribution < -0.4 is 10.2 Å². The molecule has 2 N–H and O–H groups in total. The molecule has 44 heavy (non-hydrogen) atoms. The van der Waals surface area contributed by atoms with E-state index in [0.717, 1.165) is 17.2 Å². The summed E-state index contributed by atoms with van der Waals surface area (Å²) in [5.41, 5.74) is 1.52. The molecule has 2 aliphatic rings. The van der Waals surface area contributed by atoms with Crippen molar-refractivity contribution in [3.8, 4) is 0 Å². The zero-order chi connectivity index (χ0) is 31.2. The van der Waals surface area contributed by atoms with Crippen molar-refractivity contribution in [2.24, 2.45) is 0 Å². The first-order chi connectivity index (χ1) is 21.1. The van der Waals surface area contributed by atoms with Gasteiger partial charge in [-0.1, -0.05) is 66.7 Å². The van der Waals surface area contributed by atoms with Crippen LogP contribution in [0, 0.1) is 0 Å². The average molecular weight is 595 g/mol. The Morgan fingerprint density at radius 2 is 1.66 bits per heavy atom. The lowest BCUT2D eigenvalue weighted by Crippen LogP contribution is -2.58. The minimum Gasteiger partial charge on any atom is -0.444 e. The van der Waals surface area contributed by atoms with Gasteiger partial charge in [0.2, 0.25) is 5.91 Å². The van der Waals surface area contributed by atoms with E-state index < -0.39 is 41.3 Å². The van der Waals surface area contributed by atoms with E-state index in [1.807, 2.05) is 66.7 Å². The third-order valence-corrected chi connectivity index (χ3v) is 8.30. The minimum absolute atomic E-state index is 0.0393. The number of hydrogen-bond donors (Lipinski definition) is 2. The molecular formula is C34H34N4O6. The summed E-state index contributed by atoms with van der Waals surface area (Å²) in [5, 5.41) is 3.43. The Balaban J connectivity index is 1.61. The number of H-pyrrole nitrogens is 1. The van der Waals surface area contributed by atoms with Gasteiger partial charge in [-0.15, -0.1) is 0 Å². The van der Waals surface area contributed by atoms with Crippen LogP contribution in [0.3, 0.4) is 0 Å². The van der Waals surface area contributed by atoms with Gasteiger partial charge in [0.15, 0.2) is 6.29 Å². The van der Waals surface area contributed by atoms with Crippen LogP contribution in [0.2, 0.25) is 0 Å². The molecule has 3 aromatic carbocycles. The topological polar surface area (TPSA) is 121 Å². The average Bonchev–Trinajstić information content (AvgIpc) is 3.64. The van der Waals surface area contributed by atoms with Crippen molar-refractivity contribution in [3.05, 3.63) is 101 Å². The first kappa shape index (κ1) is 29.0. The highest BCUT2D eigenvalue weighted by Gasteiger charge is 2.67. The zero-order valence-electron chi connectivity index (χ0n) is 25.0. The second-order valence-corrected chi connectivity index (χ2v) is 12.1. The van der Waals surface area contributed by atoms with Gasteiger partial charge in [-0.05, 0) is 50.5 Å². The van der Waals surface area contributed by atoms with E-state index in [0.29, 0.717) is 28.0 Å². The lowest BCUT2D eigenvalue weighted by atomic mass is 9.71. The van der Waals surface area contributed by atoms with Crippen LogP contribution >= 0.6 is 0 Å². The van der Waals surface area contributed by atoms with E-state index in [-0.39, 0.29) is 13.0 Å². The van der Waals surface area contributed by atoms with Crippen LogP contribution in [0.4, 0.5) is 15.3 Å². The molecule has 0 saturated carbocycles. The van der Waals surface area contributed by atoms with Crippen LogP contribution in [0.15, 0.2) is 78.9 Å². The fourth-order valence-electron chi connectivity index (χ4n) is 6.72. The lowest BCUT2D eigenvalue weighted by molar-refractivity contribution is -0.125. The van der Waals surface area contributed by atoms with E-state index in [4.69, 9.17) is 9.47 Å². The normalized spacial score (nSPS) is 20.6. The van der Waals surface area contributed by atoms with Crippen molar-refractivity contribution in [1.82, 2.24) is 15.2 Å². The van der Waals surface area contributed by atoms with Gasteiger partial charge in [-0.3, -0.25) is 19.4 Å². The molecule has 0 radical (unpaired) electrons. The number of benzene rings is 3.